The van der Waals surface area contributed by atoms with Gasteiger partial charge in [0, 0.05) is 31.1 Å². The molecule has 0 aromatic heterocycles. The highest BCUT2D eigenvalue weighted by Crippen LogP contribution is 2.39. The van der Waals surface area contributed by atoms with Gasteiger partial charge in [0.25, 0.3) is 0 Å². The maximum Gasteiger partial charge on any atom is 0.306 e. The number of hydrogen-bond donors (Lipinski definition) is 3. The number of halogens is 2. The number of nitrogens with one attached hydrogen (secondary N) is 2. The van der Waals surface area contributed by atoms with Crippen LogP contribution in [0, 0.1) is 23.1 Å². The monoisotopic (exact) mass is 424 g/mol. The minimum absolute atomic E-state index is 0.0731. The second-order valence-electron chi connectivity index (χ2n) is 9.99. The van der Waals surface area contributed by atoms with E-state index in [1.807, 2.05) is 12.1 Å². The zero-order chi connectivity index (χ0) is 21.2. The molecule has 0 spiro atoms. The molecule has 1 saturated carbocycles. The molecular formula is C23H34ClFN2O2. The summed E-state index contributed by atoms with van der Waals surface area (Å²) in [5.41, 5.74) is 0.875. The van der Waals surface area contributed by atoms with E-state index in [1.54, 1.807) is 6.07 Å². The Morgan fingerprint density at radius 2 is 1.97 bits per heavy atom. The molecule has 0 amide bonds. The third-order valence-corrected chi connectivity index (χ3v) is 6.86. The Balaban J connectivity index is 1.70. The van der Waals surface area contributed by atoms with Gasteiger partial charge < -0.3 is 15.7 Å². The van der Waals surface area contributed by atoms with E-state index in [4.69, 9.17) is 11.6 Å². The fourth-order valence-corrected chi connectivity index (χ4v) is 5.21. The average Bonchev–Trinajstić information content (AvgIpc) is 3.03. The summed E-state index contributed by atoms with van der Waals surface area (Å²) in [6.07, 6.45) is 4.25. The van der Waals surface area contributed by atoms with Crippen molar-refractivity contribution in [2.75, 3.05) is 13.1 Å². The minimum Gasteiger partial charge on any atom is -0.481 e. The first-order valence-electron chi connectivity index (χ1n) is 10.8. The smallest absolute Gasteiger partial charge is 0.306 e. The van der Waals surface area contributed by atoms with Crippen molar-refractivity contribution in [1.29, 1.82) is 0 Å². The van der Waals surface area contributed by atoms with E-state index in [1.165, 1.54) is 0 Å². The highest BCUT2D eigenvalue weighted by atomic mass is 35.5. The predicted octanol–water partition coefficient (Wildman–Crippen LogP) is 4.82. The lowest BCUT2D eigenvalue weighted by Gasteiger charge is -2.33. The van der Waals surface area contributed by atoms with Crippen LogP contribution in [0.4, 0.5) is 4.39 Å². The maximum absolute atomic E-state index is 14.8. The molecule has 6 heteroatoms. The summed E-state index contributed by atoms with van der Waals surface area (Å²) in [6.45, 7) is 8.25. The molecule has 2 aliphatic rings. The van der Waals surface area contributed by atoms with E-state index in [9.17, 15) is 14.3 Å². The van der Waals surface area contributed by atoms with Gasteiger partial charge in [0.2, 0.25) is 0 Å². The molecule has 1 aromatic carbocycles. The Kier molecular flexibility index (Phi) is 7.23. The van der Waals surface area contributed by atoms with Crippen LogP contribution < -0.4 is 10.6 Å². The molecule has 3 rings (SSSR count). The molecule has 4 nitrogen and oxygen atoms in total. The summed E-state index contributed by atoms with van der Waals surface area (Å²) in [5, 5.41) is 16.7. The van der Waals surface area contributed by atoms with Crippen LogP contribution in [-0.2, 0) is 4.79 Å². The topological polar surface area (TPSA) is 61.4 Å². The normalized spacial score (nSPS) is 30.4. The van der Waals surface area contributed by atoms with Gasteiger partial charge in [-0.15, -0.1) is 0 Å². The van der Waals surface area contributed by atoms with E-state index in [2.05, 4.69) is 31.4 Å². The molecule has 162 valence electrons. The Morgan fingerprint density at radius 3 is 2.59 bits per heavy atom. The lowest BCUT2D eigenvalue weighted by molar-refractivity contribution is -0.142. The van der Waals surface area contributed by atoms with Crippen LogP contribution >= 0.6 is 11.6 Å². The summed E-state index contributed by atoms with van der Waals surface area (Å²) in [7, 11) is 0. The van der Waals surface area contributed by atoms with Crippen LogP contribution in [0.25, 0.3) is 0 Å². The van der Waals surface area contributed by atoms with Crippen LogP contribution in [0.3, 0.4) is 0 Å². The highest BCUT2D eigenvalue weighted by molar-refractivity contribution is 6.30. The van der Waals surface area contributed by atoms with Gasteiger partial charge in [-0.05, 0) is 55.1 Å². The summed E-state index contributed by atoms with van der Waals surface area (Å²) in [6, 6.07) is 5.93. The predicted molar refractivity (Wildman–Crippen MR) is 115 cm³/mol. The molecule has 3 N–H and O–H groups in total. The largest absolute Gasteiger partial charge is 0.481 e. The van der Waals surface area contributed by atoms with E-state index in [0.717, 1.165) is 45.2 Å². The summed E-state index contributed by atoms with van der Waals surface area (Å²) in [4.78, 5) is 11.2. The van der Waals surface area contributed by atoms with Crippen LogP contribution in [0.15, 0.2) is 18.2 Å². The van der Waals surface area contributed by atoms with Gasteiger partial charge in [-0.3, -0.25) is 4.79 Å². The Hall–Kier alpha value is -1.17. The van der Waals surface area contributed by atoms with Crippen LogP contribution in [0.2, 0.25) is 5.02 Å². The van der Waals surface area contributed by atoms with Gasteiger partial charge in [0.05, 0.1) is 10.9 Å². The zero-order valence-electron chi connectivity index (χ0n) is 17.7. The quantitative estimate of drug-likeness (QED) is 0.612. The van der Waals surface area contributed by atoms with Gasteiger partial charge in [-0.25, -0.2) is 4.39 Å². The number of hydrogen-bond acceptors (Lipinski definition) is 3. The van der Waals surface area contributed by atoms with Crippen molar-refractivity contribution in [3.63, 3.8) is 0 Å². The first kappa shape index (κ1) is 22.5. The second-order valence-corrected chi connectivity index (χ2v) is 10.4. The molecule has 29 heavy (non-hydrogen) atoms. The van der Waals surface area contributed by atoms with Crippen molar-refractivity contribution in [2.24, 2.45) is 17.3 Å². The lowest BCUT2D eigenvalue weighted by atomic mass is 9.78. The van der Waals surface area contributed by atoms with E-state index in [-0.39, 0.29) is 34.0 Å². The highest BCUT2D eigenvalue weighted by Gasteiger charge is 2.40. The number of carbonyl (C=O) groups is 1. The van der Waals surface area contributed by atoms with E-state index >= 15 is 0 Å². The fourth-order valence-electron chi connectivity index (χ4n) is 5.02. The zero-order valence-corrected chi connectivity index (χ0v) is 18.4. The van der Waals surface area contributed by atoms with Gasteiger partial charge in [0.1, 0.15) is 5.82 Å². The van der Waals surface area contributed by atoms with Crippen molar-refractivity contribution in [2.45, 2.75) is 70.9 Å². The molecule has 0 radical (unpaired) electrons. The van der Waals surface area contributed by atoms with E-state index < -0.39 is 5.97 Å². The van der Waals surface area contributed by atoms with Gasteiger partial charge in [-0.1, -0.05) is 44.5 Å². The van der Waals surface area contributed by atoms with E-state index in [0.29, 0.717) is 17.6 Å². The third-order valence-electron chi connectivity index (χ3n) is 6.57. The summed E-state index contributed by atoms with van der Waals surface area (Å²) < 4.78 is 14.8. The van der Waals surface area contributed by atoms with Crippen LogP contribution in [0.1, 0.15) is 64.4 Å². The van der Waals surface area contributed by atoms with Crippen molar-refractivity contribution >= 4 is 17.6 Å². The van der Waals surface area contributed by atoms with Gasteiger partial charge in [-0.2, -0.15) is 0 Å². The molecule has 1 heterocycles. The Labute approximate surface area is 178 Å². The lowest BCUT2D eigenvalue weighted by Crippen LogP contribution is -2.42. The number of aliphatic carboxylic acids is 1. The fraction of sp³-hybridized carbons (Fsp3) is 0.696. The van der Waals surface area contributed by atoms with Crippen LogP contribution in [0.5, 0.6) is 0 Å². The summed E-state index contributed by atoms with van der Waals surface area (Å²) in [5.74, 6) is -0.846. The minimum atomic E-state index is -0.676. The standard InChI is InChI=1S/C23H34ClFN2O2/c1-23(2,3)11-20-18(13-26-15-9-7-14(8-10-15)22(28)29)17(12-27-20)16-5-4-6-19(24)21(16)25/h4-6,14-15,17-18,20,26-27H,7-13H2,1-3H3,(H,28,29)/t14-,15+,17-,18+,20+/m1/s1. The molecule has 2 fully saturated rings. The average molecular weight is 425 g/mol. The van der Waals surface area contributed by atoms with Gasteiger partial charge >= 0.3 is 5.97 Å². The number of rotatable bonds is 6. The SMILES string of the molecule is CC(C)(C)C[C@@H]1NC[C@H](c2cccc(Cl)c2F)[C@@H]1CN[C@H]1CC[C@@H](C(=O)O)CC1. The molecule has 1 aliphatic carbocycles. The number of benzene rings is 1. The Morgan fingerprint density at radius 1 is 1.28 bits per heavy atom. The molecule has 1 aliphatic heterocycles. The number of carboxylic acids is 1. The van der Waals surface area contributed by atoms with Crippen molar-refractivity contribution in [1.82, 2.24) is 10.6 Å². The second kappa shape index (κ2) is 9.32. The summed E-state index contributed by atoms with van der Waals surface area (Å²) >= 11 is 6.06. The maximum atomic E-state index is 14.8. The molecule has 0 bridgehead atoms. The van der Waals surface area contributed by atoms with Gasteiger partial charge in [0.15, 0.2) is 0 Å². The van der Waals surface area contributed by atoms with Crippen molar-refractivity contribution in [3.05, 3.63) is 34.6 Å². The van der Waals surface area contributed by atoms with Crippen molar-refractivity contribution in [3.8, 4) is 0 Å². The molecule has 1 aromatic rings. The number of carboxylic acid groups (broad SMARTS) is 1. The third kappa shape index (κ3) is 5.71. The molecule has 1 saturated heterocycles. The Bertz CT molecular complexity index is 713. The molecular weight excluding hydrogens is 391 g/mol. The first-order valence-corrected chi connectivity index (χ1v) is 11.2. The molecule has 3 atom stereocenters. The van der Waals surface area contributed by atoms with Crippen molar-refractivity contribution < 1.29 is 14.3 Å². The first-order chi connectivity index (χ1) is 13.7. The van der Waals surface area contributed by atoms with Crippen LogP contribution in [-0.4, -0.2) is 36.2 Å². The molecule has 0 unspecified atom stereocenters.